The molecule has 1 rings (SSSR count). The van der Waals surface area contributed by atoms with Gasteiger partial charge in [0.2, 0.25) is 10.0 Å². The largest absolute Gasteiger partial charge is 0.313 e. The van der Waals surface area contributed by atoms with E-state index in [2.05, 4.69) is 23.9 Å². The summed E-state index contributed by atoms with van der Waals surface area (Å²) in [6.45, 7) is 9.33. The minimum absolute atomic E-state index is 0.120. The van der Waals surface area contributed by atoms with Crippen LogP contribution >= 0.6 is 0 Å². The maximum atomic E-state index is 12.1. The van der Waals surface area contributed by atoms with Gasteiger partial charge in [-0.2, -0.15) is 0 Å². The van der Waals surface area contributed by atoms with Crippen LogP contribution < -0.4 is 10.0 Å². The van der Waals surface area contributed by atoms with Crippen LogP contribution in [0, 0.1) is 0 Å². The van der Waals surface area contributed by atoms with Crippen molar-refractivity contribution in [2.45, 2.75) is 44.6 Å². The second-order valence-electron chi connectivity index (χ2n) is 5.03. The lowest BCUT2D eigenvalue weighted by Crippen LogP contribution is -2.38. The molecule has 4 nitrogen and oxygen atoms in total. The highest BCUT2D eigenvalue weighted by atomic mass is 32.2. The van der Waals surface area contributed by atoms with Gasteiger partial charge in [0.05, 0.1) is 4.90 Å². The first-order chi connectivity index (χ1) is 8.86. The quantitative estimate of drug-likeness (QED) is 0.806. The van der Waals surface area contributed by atoms with E-state index >= 15 is 0 Å². The maximum Gasteiger partial charge on any atom is 0.240 e. The van der Waals surface area contributed by atoms with E-state index in [0.717, 1.165) is 12.1 Å². The summed E-state index contributed by atoms with van der Waals surface area (Å²) >= 11 is 0. The molecule has 1 aromatic carbocycles. The predicted octanol–water partition coefficient (Wildman–Crippen LogP) is 2.09. The number of hydrogen-bond acceptors (Lipinski definition) is 3. The molecule has 0 saturated heterocycles. The fraction of sp³-hybridized carbons (Fsp3) is 0.571. The SMILES string of the molecule is CCN[C@H](C)CNS(=O)(=O)c1ccc(C(C)C)cc1. The molecule has 0 aliphatic carbocycles. The Morgan fingerprint density at radius 2 is 1.68 bits per heavy atom. The first-order valence-electron chi connectivity index (χ1n) is 6.69. The molecule has 0 unspecified atom stereocenters. The molecule has 19 heavy (non-hydrogen) atoms. The van der Waals surface area contributed by atoms with Crippen molar-refractivity contribution in [1.29, 1.82) is 0 Å². The van der Waals surface area contributed by atoms with Crippen LogP contribution in [0.25, 0.3) is 0 Å². The maximum absolute atomic E-state index is 12.1. The Labute approximate surface area is 116 Å². The fourth-order valence-electron chi connectivity index (χ4n) is 1.77. The van der Waals surface area contributed by atoms with Crippen LogP contribution in [0.3, 0.4) is 0 Å². The lowest BCUT2D eigenvalue weighted by Gasteiger charge is -2.14. The van der Waals surface area contributed by atoms with E-state index in [1.165, 1.54) is 0 Å². The summed E-state index contributed by atoms with van der Waals surface area (Å²) in [6.07, 6.45) is 0. The van der Waals surface area contributed by atoms with Crippen molar-refractivity contribution in [3.63, 3.8) is 0 Å². The summed E-state index contributed by atoms with van der Waals surface area (Å²) in [5.74, 6) is 0.401. The molecule has 2 N–H and O–H groups in total. The van der Waals surface area contributed by atoms with Crippen LogP contribution in [0.1, 0.15) is 39.2 Å². The zero-order valence-electron chi connectivity index (χ0n) is 12.1. The minimum Gasteiger partial charge on any atom is -0.313 e. The van der Waals surface area contributed by atoms with Crippen LogP contribution in [-0.2, 0) is 10.0 Å². The van der Waals surface area contributed by atoms with Gasteiger partial charge in [-0.3, -0.25) is 0 Å². The smallest absolute Gasteiger partial charge is 0.240 e. The third-order valence-electron chi connectivity index (χ3n) is 2.99. The van der Waals surface area contributed by atoms with Crippen molar-refractivity contribution in [1.82, 2.24) is 10.0 Å². The molecule has 0 saturated carbocycles. The third-order valence-corrected chi connectivity index (χ3v) is 4.43. The molecule has 108 valence electrons. The lowest BCUT2D eigenvalue weighted by atomic mass is 10.0. The number of benzene rings is 1. The topological polar surface area (TPSA) is 58.2 Å². The Morgan fingerprint density at radius 3 is 2.16 bits per heavy atom. The Balaban J connectivity index is 2.72. The Bertz CT molecular complexity index is 481. The van der Waals surface area contributed by atoms with E-state index in [0.29, 0.717) is 17.4 Å². The molecule has 0 aliphatic heterocycles. The second-order valence-corrected chi connectivity index (χ2v) is 6.80. The fourth-order valence-corrected chi connectivity index (χ4v) is 2.90. The van der Waals surface area contributed by atoms with Gasteiger partial charge in [0, 0.05) is 12.6 Å². The van der Waals surface area contributed by atoms with E-state index in [4.69, 9.17) is 0 Å². The zero-order chi connectivity index (χ0) is 14.5. The van der Waals surface area contributed by atoms with E-state index in [-0.39, 0.29) is 6.04 Å². The molecule has 5 heteroatoms. The summed E-state index contributed by atoms with van der Waals surface area (Å²) in [7, 11) is -3.41. The molecule has 0 bridgehead atoms. The highest BCUT2D eigenvalue weighted by molar-refractivity contribution is 7.89. The van der Waals surface area contributed by atoms with Gasteiger partial charge in [0.15, 0.2) is 0 Å². The normalized spacial score (nSPS) is 13.7. The van der Waals surface area contributed by atoms with Gasteiger partial charge in [-0.25, -0.2) is 13.1 Å². The molecule has 0 aliphatic rings. The number of sulfonamides is 1. The molecule has 0 spiro atoms. The second kappa shape index (κ2) is 7.03. The van der Waals surface area contributed by atoms with Gasteiger partial charge < -0.3 is 5.32 Å². The van der Waals surface area contributed by atoms with E-state index in [1.807, 2.05) is 26.0 Å². The van der Waals surface area contributed by atoms with Crippen LogP contribution in [0.2, 0.25) is 0 Å². The number of likely N-dealkylation sites (N-methyl/N-ethyl adjacent to an activating group) is 1. The monoisotopic (exact) mass is 284 g/mol. The standard InChI is InChI=1S/C14H24N2O2S/c1-5-15-12(4)10-16-19(17,18)14-8-6-13(7-9-14)11(2)3/h6-9,11-12,15-16H,5,10H2,1-4H3/t12-/m1/s1. The molecule has 0 radical (unpaired) electrons. The summed E-state index contributed by atoms with van der Waals surface area (Å²) in [6, 6.07) is 7.18. The van der Waals surface area contributed by atoms with Crippen LogP contribution in [0.4, 0.5) is 0 Å². The molecule has 0 fully saturated rings. The Kier molecular flexibility index (Phi) is 5.97. The molecule has 0 amide bonds. The van der Waals surface area contributed by atoms with E-state index in [1.54, 1.807) is 12.1 Å². The van der Waals surface area contributed by atoms with Crippen LogP contribution in [-0.4, -0.2) is 27.5 Å². The molecule has 0 aromatic heterocycles. The average molecular weight is 284 g/mol. The summed E-state index contributed by atoms with van der Waals surface area (Å²) in [4.78, 5) is 0.320. The van der Waals surface area contributed by atoms with Gasteiger partial charge in [-0.05, 0) is 37.1 Å². The van der Waals surface area contributed by atoms with Crippen molar-refractivity contribution >= 4 is 10.0 Å². The third kappa shape index (κ3) is 4.93. The first-order valence-corrected chi connectivity index (χ1v) is 8.18. The Morgan fingerprint density at radius 1 is 1.11 bits per heavy atom. The van der Waals surface area contributed by atoms with E-state index < -0.39 is 10.0 Å². The van der Waals surface area contributed by atoms with Crippen LogP contribution in [0.15, 0.2) is 29.2 Å². The number of hydrogen-bond donors (Lipinski definition) is 2. The zero-order valence-corrected chi connectivity index (χ0v) is 12.9. The molecule has 1 atom stereocenters. The van der Waals surface area contributed by atoms with Gasteiger partial charge in [-0.1, -0.05) is 32.9 Å². The first kappa shape index (κ1) is 16.1. The number of nitrogens with one attached hydrogen (secondary N) is 2. The van der Waals surface area contributed by atoms with E-state index in [9.17, 15) is 8.42 Å². The number of rotatable bonds is 7. The van der Waals surface area contributed by atoms with Gasteiger partial charge in [0.25, 0.3) is 0 Å². The average Bonchev–Trinajstić information content (AvgIpc) is 2.37. The predicted molar refractivity (Wildman–Crippen MR) is 78.9 cm³/mol. The minimum atomic E-state index is -3.41. The summed E-state index contributed by atoms with van der Waals surface area (Å²) in [5, 5.41) is 3.17. The van der Waals surface area contributed by atoms with Crippen molar-refractivity contribution in [3.8, 4) is 0 Å². The highest BCUT2D eigenvalue weighted by Crippen LogP contribution is 2.17. The Hall–Kier alpha value is -0.910. The summed E-state index contributed by atoms with van der Waals surface area (Å²) < 4.78 is 26.8. The van der Waals surface area contributed by atoms with Crippen molar-refractivity contribution in [3.05, 3.63) is 29.8 Å². The summed E-state index contributed by atoms with van der Waals surface area (Å²) in [5.41, 5.74) is 1.14. The molecular weight excluding hydrogens is 260 g/mol. The van der Waals surface area contributed by atoms with Crippen molar-refractivity contribution < 1.29 is 8.42 Å². The lowest BCUT2D eigenvalue weighted by molar-refractivity contribution is 0.536. The van der Waals surface area contributed by atoms with Crippen LogP contribution in [0.5, 0.6) is 0 Å². The molecular formula is C14H24N2O2S. The van der Waals surface area contributed by atoms with Crippen molar-refractivity contribution in [2.24, 2.45) is 0 Å². The van der Waals surface area contributed by atoms with Crippen molar-refractivity contribution in [2.75, 3.05) is 13.1 Å². The van der Waals surface area contributed by atoms with Gasteiger partial charge >= 0.3 is 0 Å². The molecule has 0 heterocycles. The highest BCUT2D eigenvalue weighted by Gasteiger charge is 2.14. The van der Waals surface area contributed by atoms with Gasteiger partial charge in [0.1, 0.15) is 0 Å². The van der Waals surface area contributed by atoms with Gasteiger partial charge in [-0.15, -0.1) is 0 Å². The molecule has 1 aromatic rings.